The van der Waals surface area contributed by atoms with E-state index < -0.39 is 0 Å². The van der Waals surface area contributed by atoms with Crippen molar-refractivity contribution in [2.45, 2.75) is 13.0 Å². The highest BCUT2D eigenvalue weighted by molar-refractivity contribution is 6.32. The molecule has 3 rings (SSSR count). The average Bonchev–Trinajstić information content (AvgIpc) is 2.69. The van der Waals surface area contributed by atoms with E-state index in [1.165, 1.54) is 0 Å². The minimum Gasteiger partial charge on any atom is -0.495 e. The van der Waals surface area contributed by atoms with Gasteiger partial charge >= 0.3 is 0 Å². The van der Waals surface area contributed by atoms with Crippen LogP contribution >= 0.6 is 11.6 Å². The molecule has 0 bridgehead atoms. The van der Waals surface area contributed by atoms with Gasteiger partial charge in [0, 0.05) is 5.69 Å². The smallest absolute Gasteiger partial charge is 0.272 e. The second kappa shape index (κ2) is 8.51. The van der Waals surface area contributed by atoms with E-state index in [0.29, 0.717) is 16.6 Å². The predicted octanol–water partition coefficient (Wildman–Crippen LogP) is 4.37. The van der Waals surface area contributed by atoms with Crippen LogP contribution in [0.3, 0.4) is 0 Å². The van der Waals surface area contributed by atoms with Crippen LogP contribution in [0.25, 0.3) is 0 Å². The normalized spacial score (nSPS) is 11.5. The van der Waals surface area contributed by atoms with Crippen molar-refractivity contribution in [3.8, 4) is 5.75 Å². The molecular weight excluding hydrogens is 364 g/mol. The summed E-state index contributed by atoms with van der Waals surface area (Å²) in [6, 6.07) is 18.2. The van der Waals surface area contributed by atoms with Gasteiger partial charge in [-0.1, -0.05) is 41.9 Å². The Labute approximate surface area is 162 Å². The molecular formula is C20H19ClN4O2. The SMILES string of the molecule is COc1ccc(Nc2ccc(C(=O)NC(C)c3ccccc3)nn2)cc1Cl. The maximum atomic E-state index is 12.3. The van der Waals surface area contributed by atoms with E-state index in [1.807, 2.05) is 43.3 Å². The van der Waals surface area contributed by atoms with Crippen LogP contribution in [-0.4, -0.2) is 23.2 Å². The van der Waals surface area contributed by atoms with Crippen LogP contribution in [0.4, 0.5) is 11.5 Å². The number of aromatic nitrogens is 2. The molecule has 2 aromatic carbocycles. The number of amides is 1. The van der Waals surface area contributed by atoms with Gasteiger partial charge in [-0.2, -0.15) is 0 Å². The number of benzene rings is 2. The van der Waals surface area contributed by atoms with Crippen molar-refractivity contribution in [2.75, 3.05) is 12.4 Å². The number of carbonyl (C=O) groups excluding carboxylic acids is 1. The summed E-state index contributed by atoms with van der Waals surface area (Å²) >= 11 is 6.11. The molecule has 1 amide bonds. The van der Waals surface area contributed by atoms with Crippen LogP contribution in [0.1, 0.15) is 29.0 Å². The Hall–Kier alpha value is -3.12. The van der Waals surface area contributed by atoms with Gasteiger partial charge in [0.1, 0.15) is 5.75 Å². The Morgan fingerprint density at radius 3 is 2.48 bits per heavy atom. The molecule has 0 fully saturated rings. The van der Waals surface area contributed by atoms with Crippen LogP contribution in [0.2, 0.25) is 5.02 Å². The minimum absolute atomic E-state index is 0.125. The van der Waals surface area contributed by atoms with Crippen molar-refractivity contribution >= 4 is 29.0 Å². The lowest BCUT2D eigenvalue weighted by Gasteiger charge is -2.14. The van der Waals surface area contributed by atoms with E-state index >= 15 is 0 Å². The van der Waals surface area contributed by atoms with E-state index in [4.69, 9.17) is 16.3 Å². The summed E-state index contributed by atoms with van der Waals surface area (Å²) in [5.74, 6) is 0.814. The van der Waals surface area contributed by atoms with Crippen LogP contribution in [-0.2, 0) is 0 Å². The molecule has 0 radical (unpaired) electrons. The van der Waals surface area contributed by atoms with E-state index in [-0.39, 0.29) is 17.6 Å². The highest BCUT2D eigenvalue weighted by Gasteiger charge is 2.13. The Morgan fingerprint density at radius 1 is 1.07 bits per heavy atom. The lowest BCUT2D eigenvalue weighted by atomic mass is 10.1. The summed E-state index contributed by atoms with van der Waals surface area (Å²) in [6.07, 6.45) is 0. The third kappa shape index (κ3) is 4.74. The summed E-state index contributed by atoms with van der Waals surface area (Å²) in [5, 5.41) is 14.5. The molecule has 0 saturated carbocycles. The zero-order chi connectivity index (χ0) is 19.2. The van der Waals surface area contributed by atoms with Gasteiger partial charge in [-0.05, 0) is 42.8 Å². The van der Waals surface area contributed by atoms with Crippen molar-refractivity contribution in [1.29, 1.82) is 0 Å². The van der Waals surface area contributed by atoms with Gasteiger partial charge in [0.2, 0.25) is 0 Å². The Balaban J connectivity index is 1.64. The summed E-state index contributed by atoms with van der Waals surface area (Å²) < 4.78 is 5.12. The first-order valence-corrected chi connectivity index (χ1v) is 8.74. The number of ether oxygens (including phenoxy) is 1. The number of nitrogens with zero attached hydrogens (tertiary/aromatic N) is 2. The lowest BCUT2D eigenvalue weighted by Crippen LogP contribution is -2.27. The van der Waals surface area contributed by atoms with Gasteiger partial charge in [-0.25, -0.2) is 0 Å². The Bertz CT molecular complexity index is 917. The average molecular weight is 383 g/mol. The molecule has 0 saturated heterocycles. The molecule has 0 aliphatic carbocycles. The highest BCUT2D eigenvalue weighted by Crippen LogP contribution is 2.28. The van der Waals surface area contributed by atoms with Crippen molar-refractivity contribution in [1.82, 2.24) is 15.5 Å². The van der Waals surface area contributed by atoms with Gasteiger partial charge in [-0.3, -0.25) is 4.79 Å². The van der Waals surface area contributed by atoms with E-state index in [0.717, 1.165) is 11.3 Å². The van der Waals surface area contributed by atoms with Gasteiger partial charge in [0.25, 0.3) is 5.91 Å². The van der Waals surface area contributed by atoms with E-state index in [1.54, 1.807) is 31.4 Å². The topological polar surface area (TPSA) is 76.1 Å². The number of halogens is 1. The molecule has 1 unspecified atom stereocenters. The first-order valence-electron chi connectivity index (χ1n) is 8.37. The molecule has 7 heteroatoms. The molecule has 2 N–H and O–H groups in total. The number of rotatable bonds is 6. The fourth-order valence-corrected chi connectivity index (χ4v) is 2.77. The fourth-order valence-electron chi connectivity index (χ4n) is 2.51. The monoisotopic (exact) mass is 382 g/mol. The van der Waals surface area contributed by atoms with Crippen molar-refractivity contribution < 1.29 is 9.53 Å². The number of carbonyl (C=O) groups is 1. The molecule has 1 atom stereocenters. The highest BCUT2D eigenvalue weighted by atomic mass is 35.5. The quantitative estimate of drug-likeness (QED) is 0.661. The summed E-state index contributed by atoms with van der Waals surface area (Å²) in [7, 11) is 1.56. The molecule has 27 heavy (non-hydrogen) atoms. The molecule has 0 aliphatic rings. The van der Waals surface area contributed by atoms with Crippen LogP contribution < -0.4 is 15.4 Å². The summed E-state index contributed by atoms with van der Waals surface area (Å²) in [5.41, 5.74) is 2.01. The maximum absolute atomic E-state index is 12.3. The molecule has 138 valence electrons. The third-order valence-electron chi connectivity index (χ3n) is 3.97. The van der Waals surface area contributed by atoms with Crippen molar-refractivity contribution in [3.63, 3.8) is 0 Å². The molecule has 1 aromatic heterocycles. The molecule has 6 nitrogen and oxygen atoms in total. The molecule has 1 heterocycles. The number of hydrogen-bond donors (Lipinski definition) is 2. The van der Waals surface area contributed by atoms with Crippen molar-refractivity contribution in [2.24, 2.45) is 0 Å². The zero-order valence-corrected chi connectivity index (χ0v) is 15.7. The molecule has 0 aliphatic heterocycles. The Morgan fingerprint density at radius 2 is 1.85 bits per heavy atom. The summed E-state index contributed by atoms with van der Waals surface area (Å²) in [6.45, 7) is 1.92. The zero-order valence-electron chi connectivity index (χ0n) is 14.9. The largest absolute Gasteiger partial charge is 0.495 e. The number of anilines is 2. The van der Waals surface area contributed by atoms with Crippen LogP contribution in [0.5, 0.6) is 5.75 Å². The van der Waals surface area contributed by atoms with E-state index in [9.17, 15) is 4.79 Å². The Kier molecular flexibility index (Phi) is 5.88. The van der Waals surface area contributed by atoms with Gasteiger partial charge in [-0.15, -0.1) is 10.2 Å². The van der Waals surface area contributed by atoms with Gasteiger partial charge in [0.05, 0.1) is 18.2 Å². The fraction of sp³-hybridized carbons (Fsp3) is 0.150. The lowest BCUT2D eigenvalue weighted by molar-refractivity contribution is 0.0934. The first-order chi connectivity index (χ1) is 13.1. The van der Waals surface area contributed by atoms with Crippen LogP contribution in [0, 0.1) is 0 Å². The minimum atomic E-state index is -0.280. The number of methoxy groups -OCH3 is 1. The standard InChI is InChI=1S/C20H19ClN4O2/c1-13(14-6-4-3-5-7-14)22-20(26)17-9-11-19(25-24-17)23-15-8-10-18(27-2)16(21)12-15/h3-13H,1-2H3,(H,22,26)(H,23,25). The second-order valence-electron chi connectivity index (χ2n) is 5.88. The van der Waals surface area contributed by atoms with Crippen molar-refractivity contribution in [3.05, 3.63) is 76.9 Å². The summed E-state index contributed by atoms with van der Waals surface area (Å²) in [4.78, 5) is 12.3. The molecule has 3 aromatic rings. The van der Waals surface area contributed by atoms with Crippen LogP contribution in [0.15, 0.2) is 60.7 Å². The predicted molar refractivity (Wildman–Crippen MR) is 106 cm³/mol. The van der Waals surface area contributed by atoms with E-state index in [2.05, 4.69) is 20.8 Å². The third-order valence-corrected chi connectivity index (χ3v) is 4.26. The number of hydrogen-bond acceptors (Lipinski definition) is 5. The first kappa shape index (κ1) is 18.7. The van der Waals surface area contributed by atoms with Gasteiger partial charge < -0.3 is 15.4 Å². The maximum Gasteiger partial charge on any atom is 0.272 e. The number of nitrogens with one attached hydrogen (secondary N) is 2. The van der Waals surface area contributed by atoms with Gasteiger partial charge in [0.15, 0.2) is 11.5 Å². The second-order valence-corrected chi connectivity index (χ2v) is 6.29. The molecule has 0 spiro atoms.